The second kappa shape index (κ2) is 5.15. The number of benzene rings is 1. The quantitative estimate of drug-likeness (QED) is 0.862. The van der Waals surface area contributed by atoms with Crippen LogP contribution in [0.4, 0.5) is 0 Å². The number of hydrogen-bond donors (Lipinski definition) is 1. The summed E-state index contributed by atoms with van der Waals surface area (Å²) in [6.45, 7) is 8.06. The van der Waals surface area contributed by atoms with E-state index >= 15 is 0 Å². The van der Waals surface area contributed by atoms with Crippen LogP contribution in [-0.4, -0.2) is 30.5 Å². The van der Waals surface area contributed by atoms with E-state index < -0.39 is 0 Å². The molecule has 0 radical (unpaired) electrons. The fourth-order valence-electron chi connectivity index (χ4n) is 1.97. The van der Waals surface area contributed by atoms with Crippen molar-refractivity contribution in [2.45, 2.75) is 38.9 Å². The van der Waals surface area contributed by atoms with Crippen LogP contribution < -0.4 is 4.74 Å². The minimum atomic E-state index is -0.385. The monoisotopic (exact) mass is 276 g/mol. The lowest BCUT2D eigenvalue weighted by Crippen LogP contribution is -2.41. The van der Waals surface area contributed by atoms with Gasteiger partial charge in [-0.1, -0.05) is 18.1 Å². The lowest BCUT2D eigenvalue weighted by molar-refractivity contribution is 0.00578. The number of methoxy groups -OCH3 is 1. The Labute approximate surface area is 120 Å². The number of phenols is 1. The van der Waals surface area contributed by atoms with Crippen molar-refractivity contribution >= 4 is 13.2 Å². The van der Waals surface area contributed by atoms with Gasteiger partial charge in [0.25, 0.3) is 0 Å². The van der Waals surface area contributed by atoms with Gasteiger partial charge in [-0.25, -0.2) is 0 Å². The summed E-state index contributed by atoms with van der Waals surface area (Å²) < 4.78 is 16.7. The first-order valence-electron chi connectivity index (χ1n) is 6.66. The van der Waals surface area contributed by atoms with Crippen molar-refractivity contribution in [3.05, 3.63) is 29.7 Å². The van der Waals surface area contributed by atoms with Gasteiger partial charge in [0.05, 0.1) is 18.3 Å². The Morgan fingerprint density at radius 1 is 1.15 bits per heavy atom. The van der Waals surface area contributed by atoms with Crippen molar-refractivity contribution in [2.75, 3.05) is 7.11 Å². The number of aromatic hydroxyl groups is 1. The van der Waals surface area contributed by atoms with E-state index in [0.717, 1.165) is 5.56 Å². The summed E-state index contributed by atoms with van der Waals surface area (Å²) in [5.41, 5.74) is 0.173. The van der Waals surface area contributed by atoms with Crippen LogP contribution in [0.2, 0.25) is 0 Å². The van der Waals surface area contributed by atoms with E-state index in [1.54, 1.807) is 12.1 Å². The van der Waals surface area contributed by atoms with E-state index in [1.807, 2.05) is 45.8 Å². The van der Waals surface area contributed by atoms with Crippen molar-refractivity contribution < 1.29 is 19.2 Å². The molecular weight excluding hydrogens is 255 g/mol. The van der Waals surface area contributed by atoms with Gasteiger partial charge in [0.2, 0.25) is 0 Å². The van der Waals surface area contributed by atoms with Gasteiger partial charge in [0, 0.05) is 0 Å². The van der Waals surface area contributed by atoms with Crippen LogP contribution in [0.1, 0.15) is 33.3 Å². The van der Waals surface area contributed by atoms with Crippen LogP contribution in [0, 0.1) is 0 Å². The molecule has 0 aliphatic carbocycles. The van der Waals surface area contributed by atoms with Gasteiger partial charge in [-0.3, -0.25) is 0 Å². The largest absolute Gasteiger partial charge is 0.504 e. The first kappa shape index (κ1) is 14.9. The highest BCUT2D eigenvalue weighted by molar-refractivity contribution is 6.52. The first-order valence-corrected chi connectivity index (χ1v) is 6.66. The highest BCUT2D eigenvalue weighted by atomic mass is 16.7. The molecule has 20 heavy (non-hydrogen) atoms. The molecule has 1 heterocycles. The molecule has 1 aliphatic heterocycles. The van der Waals surface area contributed by atoms with Crippen molar-refractivity contribution in [1.82, 2.24) is 0 Å². The number of phenolic OH excluding ortho intramolecular Hbond substituents is 1. The van der Waals surface area contributed by atoms with Gasteiger partial charge in [0.15, 0.2) is 11.5 Å². The van der Waals surface area contributed by atoms with Crippen LogP contribution in [-0.2, 0) is 9.31 Å². The number of hydrogen-bond acceptors (Lipinski definition) is 4. The Hall–Kier alpha value is -1.46. The Kier molecular flexibility index (Phi) is 3.85. The Morgan fingerprint density at radius 2 is 1.75 bits per heavy atom. The fourth-order valence-corrected chi connectivity index (χ4v) is 1.97. The van der Waals surface area contributed by atoms with Crippen LogP contribution in [0.25, 0.3) is 6.08 Å². The predicted octanol–water partition coefficient (Wildman–Crippen LogP) is 3.05. The summed E-state index contributed by atoms with van der Waals surface area (Å²) in [4.78, 5) is 0. The lowest BCUT2D eigenvalue weighted by atomic mass is 9.89. The summed E-state index contributed by atoms with van der Waals surface area (Å²) in [7, 11) is 1.14. The smallest absolute Gasteiger partial charge is 0.487 e. The maximum atomic E-state index is 9.73. The molecule has 1 saturated heterocycles. The van der Waals surface area contributed by atoms with Crippen molar-refractivity contribution in [1.29, 1.82) is 0 Å². The zero-order valence-corrected chi connectivity index (χ0v) is 12.6. The molecule has 0 bridgehead atoms. The van der Waals surface area contributed by atoms with Gasteiger partial charge >= 0.3 is 7.12 Å². The van der Waals surface area contributed by atoms with E-state index in [4.69, 9.17) is 14.0 Å². The molecule has 0 aromatic heterocycles. The fraction of sp³-hybridized carbons (Fsp3) is 0.467. The second-order valence-electron chi connectivity index (χ2n) is 5.92. The molecule has 0 amide bonds. The normalized spacial score (nSPS) is 20.6. The third-order valence-electron chi connectivity index (χ3n) is 3.92. The summed E-state index contributed by atoms with van der Waals surface area (Å²) >= 11 is 0. The van der Waals surface area contributed by atoms with E-state index in [-0.39, 0.29) is 24.1 Å². The molecule has 1 aromatic carbocycles. The van der Waals surface area contributed by atoms with Crippen molar-refractivity contribution in [2.24, 2.45) is 0 Å². The van der Waals surface area contributed by atoms with E-state index in [1.165, 1.54) is 7.11 Å². The third kappa shape index (κ3) is 2.84. The summed E-state index contributed by atoms with van der Waals surface area (Å²) in [6.07, 6.45) is 1.86. The summed E-state index contributed by atoms with van der Waals surface area (Å²) in [5.74, 6) is 2.42. The first-order chi connectivity index (χ1) is 9.25. The molecule has 2 rings (SSSR count). The SMILES string of the molecule is COc1ccc(/C=C/B2OC(C)(C)C(C)(C)O2)cc1O. The molecular formula is C15H21BO4. The number of ether oxygens (including phenoxy) is 1. The topological polar surface area (TPSA) is 47.9 Å². The molecule has 0 spiro atoms. The van der Waals surface area contributed by atoms with Gasteiger partial charge < -0.3 is 19.2 Å². The van der Waals surface area contributed by atoms with E-state index in [9.17, 15) is 5.11 Å². The Bertz CT molecular complexity index is 507. The summed E-state index contributed by atoms with van der Waals surface area (Å²) in [6, 6.07) is 5.22. The Balaban J connectivity index is 2.10. The molecule has 1 N–H and O–H groups in total. The molecule has 0 saturated carbocycles. The van der Waals surface area contributed by atoms with Crippen LogP contribution in [0.3, 0.4) is 0 Å². The highest BCUT2D eigenvalue weighted by Crippen LogP contribution is 2.37. The molecule has 5 heteroatoms. The van der Waals surface area contributed by atoms with Crippen molar-refractivity contribution in [3.63, 3.8) is 0 Å². The summed E-state index contributed by atoms with van der Waals surface area (Å²) in [5, 5.41) is 9.73. The number of rotatable bonds is 3. The third-order valence-corrected chi connectivity index (χ3v) is 3.92. The zero-order valence-electron chi connectivity index (χ0n) is 12.6. The highest BCUT2D eigenvalue weighted by Gasteiger charge is 2.49. The van der Waals surface area contributed by atoms with Crippen LogP contribution in [0.5, 0.6) is 11.5 Å². The molecule has 1 aromatic rings. The minimum Gasteiger partial charge on any atom is -0.504 e. The van der Waals surface area contributed by atoms with Gasteiger partial charge in [-0.15, -0.1) is 0 Å². The van der Waals surface area contributed by atoms with Crippen molar-refractivity contribution in [3.8, 4) is 11.5 Å². The standard InChI is InChI=1S/C15H21BO4/c1-14(2)15(3,4)20-16(19-14)9-8-11-6-7-13(18-5)12(17)10-11/h6-10,17H,1-5H3/b9-8+. The average molecular weight is 276 g/mol. The van der Waals surface area contributed by atoms with Gasteiger partial charge in [0.1, 0.15) is 0 Å². The predicted molar refractivity (Wildman–Crippen MR) is 79.8 cm³/mol. The van der Waals surface area contributed by atoms with E-state index in [2.05, 4.69) is 0 Å². The minimum absolute atomic E-state index is 0.114. The molecule has 1 fully saturated rings. The van der Waals surface area contributed by atoms with Gasteiger partial charge in [-0.05, 0) is 45.4 Å². The molecule has 0 atom stereocenters. The zero-order chi connectivity index (χ0) is 15.0. The maximum absolute atomic E-state index is 9.73. The Morgan fingerprint density at radius 3 is 2.25 bits per heavy atom. The second-order valence-corrected chi connectivity index (χ2v) is 5.92. The van der Waals surface area contributed by atoms with Crippen LogP contribution in [0.15, 0.2) is 24.2 Å². The maximum Gasteiger partial charge on any atom is 0.487 e. The molecule has 0 unspecified atom stereocenters. The average Bonchev–Trinajstić information content (AvgIpc) is 2.55. The molecule has 1 aliphatic rings. The van der Waals surface area contributed by atoms with E-state index in [0.29, 0.717) is 5.75 Å². The molecule has 4 nitrogen and oxygen atoms in total. The molecule has 108 valence electrons. The van der Waals surface area contributed by atoms with Crippen LogP contribution >= 0.6 is 0 Å². The van der Waals surface area contributed by atoms with Gasteiger partial charge in [-0.2, -0.15) is 0 Å². The lowest BCUT2D eigenvalue weighted by Gasteiger charge is -2.32.